The highest BCUT2D eigenvalue weighted by Crippen LogP contribution is 2.24. The zero-order valence-electron chi connectivity index (χ0n) is 11.8. The van der Waals surface area contributed by atoms with Crippen LogP contribution < -0.4 is 5.32 Å². The van der Waals surface area contributed by atoms with Crippen molar-refractivity contribution in [3.8, 4) is 0 Å². The van der Waals surface area contributed by atoms with Gasteiger partial charge >= 0.3 is 0 Å². The predicted octanol–water partition coefficient (Wildman–Crippen LogP) is 3.27. The molecule has 106 valence electrons. The van der Waals surface area contributed by atoms with E-state index in [1.165, 1.54) is 6.07 Å². The van der Waals surface area contributed by atoms with Crippen molar-refractivity contribution < 1.29 is 4.39 Å². The van der Waals surface area contributed by atoms with Crippen LogP contribution in [0.1, 0.15) is 17.2 Å². The fourth-order valence-electron chi connectivity index (χ4n) is 2.56. The van der Waals surface area contributed by atoms with E-state index >= 15 is 0 Å². The molecule has 1 heterocycles. The van der Waals surface area contributed by atoms with Crippen LogP contribution in [0.25, 0.3) is 11.0 Å². The Bertz CT molecular complexity index is 752. The van der Waals surface area contributed by atoms with Gasteiger partial charge in [0.2, 0.25) is 0 Å². The number of hydrogen-bond donors (Lipinski definition) is 1. The Morgan fingerprint density at radius 2 is 1.90 bits per heavy atom. The van der Waals surface area contributed by atoms with Crippen LogP contribution >= 0.6 is 0 Å². The standard InChI is InChI=1S/C17H16FN3/c1-19-16(11-12-4-2-5-13(18)10-12)14-6-3-7-15-17(14)21-9-8-20-15/h2-10,16,19H,11H2,1H3. The van der Waals surface area contributed by atoms with Crippen LogP contribution in [-0.4, -0.2) is 17.0 Å². The molecule has 0 saturated carbocycles. The molecule has 1 unspecified atom stereocenters. The highest BCUT2D eigenvalue weighted by molar-refractivity contribution is 5.78. The van der Waals surface area contributed by atoms with Gasteiger partial charge in [-0.3, -0.25) is 9.97 Å². The van der Waals surface area contributed by atoms with Gasteiger partial charge in [0.25, 0.3) is 0 Å². The molecule has 0 amide bonds. The van der Waals surface area contributed by atoms with E-state index in [1.807, 2.05) is 31.3 Å². The first kappa shape index (κ1) is 13.6. The molecule has 3 aromatic rings. The minimum Gasteiger partial charge on any atom is -0.313 e. The Labute approximate surface area is 122 Å². The third-order valence-corrected chi connectivity index (χ3v) is 3.58. The minimum absolute atomic E-state index is 0.0622. The maximum atomic E-state index is 13.3. The first-order valence-electron chi connectivity index (χ1n) is 6.89. The first-order chi connectivity index (χ1) is 10.3. The number of nitrogens with one attached hydrogen (secondary N) is 1. The van der Waals surface area contributed by atoms with E-state index in [-0.39, 0.29) is 11.9 Å². The molecule has 0 fully saturated rings. The van der Waals surface area contributed by atoms with E-state index in [0.717, 1.165) is 22.2 Å². The fraction of sp³-hybridized carbons (Fsp3) is 0.176. The third-order valence-electron chi connectivity index (χ3n) is 3.58. The average molecular weight is 281 g/mol. The summed E-state index contributed by atoms with van der Waals surface area (Å²) in [5, 5.41) is 3.29. The van der Waals surface area contributed by atoms with Crippen LogP contribution in [0, 0.1) is 5.82 Å². The lowest BCUT2D eigenvalue weighted by atomic mass is 9.97. The van der Waals surface area contributed by atoms with Gasteiger partial charge in [0.1, 0.15) is 5.82 Å². The lowest BCUT2D eigenvalue weighted by molar-refractivity contribution is 0.586. The second kappa shape index (κ2) is 5.97. The Morgan fingerprint density at radius 1 is 1.10 bits per heavy atom. The van der Waals surface area contributed by atoms with Crippen molar-refractivity contribution in [3.05, 3.63) is 71.8 Å². The largest absolute Gasteiger partial charge is 0.313 e. The Balaban J connectivity index is 1.98. The molecule has 1 N–H and O–H groups in total. The number of hydrogen-bond acceptors (Lipinski definition) is 3. The molecular formula is C17H16FN3. The SMILES string of the molecule is CNC(Cc1cccc(F)c1)c1cccc2nccnc12. The first-order valence-corrected chi connectivity index (χ1v) is 6.89. The van der Waals surface area contributed by atoms with Crippen molar-refractivity contribution in [1.82, 2.24) is 15.3 Å². The van der Waals surface area contributed by atoms with Gasteiger partial charge in [-0.25, -0.2) is 4.39 Å². The Hall–Kier alpha value is -2.33. The predicted molar refractivity (Wildman–Crippen MR) is 81.4 cm³/mol. The lowest BCUT2D eigenvalue weighted by Gasteiger charge is -2.18. The monoisotopic (exact) mass is 281 g/mol. The molecule has 0 aliphatic carbocycles. The van der Waals surface area contributed by atoms with Gasteiger partial charge in [0.15, 0.2) is 0 Å². The van der Waals surface area contributed by atoms with E-state index in [2.05, 4.69) is 15.3 Å². The summed E-state index contributed by atoms with van der Waals surface area (Å²) in [6.45, 7) is 0. The normalized spacial score (nSPS) is 12.5. The molecule has 0 aliphatic heterocycles. The van der Waals surface area contributed by atoms with Crippen LogP contribution in [-0.2, 0) is 6.42 Å². The van der Waals surface area contributed by atoms with Crippen molar-refractivity contribution in [3.63, 3.8) is 0 Å². The number of likely N-dealkylation sites (N-methyl/N-ethyl adjacent to an activating group) is 1. The molecule has 3 rings (SSSR count). The summed E-state index contributed by atoms with van der Waals surface area (Å²) < 4.78 is 13.3. The molecule has 3 nitrogen and oxygen atoms in total. The highest BCUT2D eigenvalue weighted by atomic mass is 19.1. The van der Waals surface area contributed by atoms with E-state index in [9.17, 15) is 4.39 Å². The van der Waals surface area contributed by atoms with Gasteiger partial charge in [-0.15, -0.1) is 0 Å². The average Bonchev–Trinajstić information content (AvgIpc) is 2.52. The van der Waals surface area contributed by atoms with E-state index in [4.69, 9.17) is 0 Å². The lowest BCUT2D eigenvalue weighted by Crippen LogP contribution is -2.19. The number of benzene rings is 2. The summed E-state index contributed by atoms with van der Waals surface area (Å²) in [4.78, 5) is 8.76. The maximum absolute atomic E-state index is 13.3. The molecule has 0 saturated heterocycles. The zero-order chi connectivity index (χ0) is 14.7. The van der Waals surface area contributed by atoms with E-state index < -0.39 is 0 Å². The summed E-state index contributed by atoms with van der Waals surface area (Å²) in [6.07, 6.45) is 4.08. The van der Waals surface area contributed by atoms with Crippen molar-refractivity contribution in [2.75, 3.05) is 7.05 Å². The summed E-state index contributed by atoms with van der Waals surface area (Å²) in [5.74, 6) is -0.208. The maximum Gasteiger partial charge on any atom is 0.123 e. The van der Waals surface area contributed by atoms with Gasteiger partial charge in [-0.1, -0.05) is 24.3 Å². The summed E-state index contributed by atoms with van der Waals surface area (Å²) in [7, 11) is 1.90. The number of fused-ring (bicyclic) bond motifs is 1. The molecule has 2 aromatic carbocycles. The number of rotatable bonds is 4. The van der Waals surface area contributed by atoms with Gasteiger partial charge < -0.3 is 5.32 Å². The Morgan fingerprint density at radius 3 is 2.71 bits per heavy atom. The summed E-state index contributed by atoms with van der Waals surface area (Å²) in [6, 6.07) is 12.7. The molecule has 4 heteroatoms. The quantitative estimate of drug-likeness (QED) is 0.797. The van der Waals surface area contributed by atoms with Crippen molar-refractivity contribution in [1.29, 1.82) is 0 Å². The van der Waals surface area contributed by atoms with Crippen LogP contribution in [0.15, 0.2) is 54.9 Å². The van der Waals surface area contributed by atoms with E-state index in [1.54, 1.807) is 24.5 Å². The van der Waals surface area contributed by atoms with Crippen LogP contribution in [0.2, 0.25) is 0 Å². The second-order valence-electron chi connectivity index (χ2n) is 4.95. The molecule has 0 bridgehead atoms. The molecule has 0 aliphatic rings. The topological polar surface area (TPSA) is 37.8 Å². The molecule has 1 aromatic heterocycles. The van der Waals surface area contributed by atoms with Crippen molar-refractivity contribution in [2.24, 2.45) is 0 Å². The molecule has 0 spiro atoms. The number of halogens is 1. The smallest absolute Gasteiger partial charge is 0.123 e. The minimum atomic E-state index is -0.208. The Kier molecular flexibility index (Phi) is 3.88. The van der Waals surface area contributed by atoms with Crippen molar-refractivity contribution >= 4 is 11.0 Å². The van der Waals surface area contributed by atoms with Gasteiger partial charge in [-0.2, -0.15) is 0 Å². The highest BCUT2D eigenvalue weighted by Gasteiger charge is 2.14. The molecule has 1 atom stereocenters. The summed E-state index contributed by atoms with van der Waals surface area (Å²) in [5.41, 5.74) is 3.79. The van der Waals surface area contributed by atoms with Crippen LogP contribution in [0.5, 0.6) is 0 Å². The van der Waals surface area contributed by atoms with Crippen LogP contribution in [0.4, 0.5) is 4.39 Å². The van der Waals surface area contributed by atoms with Crippen molar-refractivity contribution in [2.45, 2.75) is 12.5 Å². The molecule has 21 heavy (non-hydrogen) atoms. The summed E-state index contributed by atoms with van der Waals surface area (Å²) >= 11 is 0. The molecular weight excluding hydrogens is 265 g/mol. The van der Waals surface area contributed by atoms with Gasteiger partial charge in [0, 0.05) is 18.4 Å². The van der Waals surface area contributed by atoms with E-state index in [0.29, 0.717) is 6.42 Å². The van der Waals surface area contributed by atoms with Gasteiger partial charge in [-0.05, 0) is 42.8 Å². The third kappa shape index (κ3) is 2.90. The number of aromatic nitrogens is 2. The fourth-order valence-corrected chi connectivity index (χ4v) is 2.56. The zero-order valence-corrected chi connectivity index (χ0v) is 11.8. The number of nitrogens with zero attached hydrogens (tertiary/aromatic N) is 2. The van der Waals surface area contributed by atoms with Crippen LogP contribution in [0.3, 0.4) is 0 Å². The molecule has 0 radical (unpaired) electrons. The van der Waals surface area contributed by atoms with Gasteiger partial charge in [0.05, 0.1) is 11.0 Å². The second-order valence-corrected chi connectivity index (χ2v) is 4.95. The number of para-hydroxylation sites is 1.